The van der Waals surface area contributed by atoms with Crippen molar-refractivity contribution in [1.29, 1.82) is 0 Å². The SMILES string of the molecule is CCCCCCCCS(=O)(=O)Nc1ccc(Nc2c3ccccc3nc3ccccc23)c(OC)c1.CS(=O)(=O)O. The summed E-state index contributed by atoms with van der Waals surface area (Å²) in [5, 5.41) is 5.51. The van der Waals surface area contributed by atoms with Crippen molar-refractivity contribution in [2.45, 2.75) is 45.4 Å². The molecule has 0 atom stereocenters. The Morgan fingerprint density at radius 3 is 1.95 bits per heavy atom. The first-order valence-electron chi connectivity index (χ1n) is 13.2. The van der Waals surface area contributed by atoms with Gasteiger partial charge in [-0.25, -0.2) is 13.4 Å². The van der Waals surface area contributed by atoms with Crippen LogP contribution in [0.25, 0.3) is 21.8 Å². The van der Waals surface area contributed by atoms with Crippen LogP contribution in [0.3, 0.4) is 0 Å². The van der Waals surface area contributed by atoms with E-state index in [4.69, 9.17) is 14.3 Å². The first kappa shape index (κ1) is 31.1. The molecule has 0 saturated carbocycles. The van der Waals surface area contributed by atoms with Gasteiger partial charge >= 0.3 is 0 Å². The van der Waals surface area contributed by atoms with Gasteiger partial charge in [0.05, 0.1) is 47.2 Å². The minimum atomic E-state index is -3.67. The molecule has 11 heteroatoms. The third-order valence-electron chi connectivity index (χ3n) is 6.09. The summed E-state index contributed by atoms with van der Waals surface area (Å²) in [5.74, 6) is 0.672. The first-order chi connectivity index (χ1) is 19.0. The summed E-state index contributed by atoms with van der Waals surface area (Å²) in [4.78, 5) is 4.77. The number of hydrogen-bond donors (Lipinski definition) is 3. The fraction of sp³-hybridized carbons (Fsp3) is 0.345. The molecule has 40 heavy (non-hydrogen) atoms. The van der Waals surface area contributed by atoms with Crippen LogP contribution in [-0.2, 0) is 20.1 Å². The Kier molecular flexibility index (Phi) is 11.1. The van der Waals surface area contributed by atoms with Crippen molar-refractivity contribution in [3.05, 3.63) is 66.7 Å². The zero-order valence-corrected chi connectivity index (χ0v) is 24.7. The Bertz CT molecular complexity index is 1580. The molecule has 4 rings (SSSR count). The number of methoxy groups -OCH3 is 1. The minimum absolute atomic E-state index is 0.121. The van der Waals surface area contributed by atoms with Crippen molar-refractivity contribution in [2.75, 3.05) is 29.2 Å². The van der Waals surface area contributed by atoms with Gasteiger partial charge in [0.25, 0.3) is 10.1 Å². The molecule has 1 heterocycles. The van der Waals surface area contributed by atoms with Crippen molar-refractivity contribution >= 4 is 59.0 Å². The van der Waals surface area contributed by atoms with Crippen molar-refractivity contribution in [3.8, 4) is 5.75 Å². The summed E-state index contributed by atoms with van der Waals surface area (Å²) in [6.07, 6.45) is 6.94. The van der Waals surface area contributed by atoms with E-state index >= 15 is 0 Å². The Morgan fingerprint density at radius 1 is 0.825 bits per heavy atom. The fourth-order valence-electron chi connectivity index (χ4n) is 4.27. The van der Waals surface area contributed by atoms with Crippen LogP contribution in [-0.4, -0.2) is 45.5 Å². The van der Waals surface area contributed by atoms with Gasteiger partial charge in [-0.1, -0.05) is 75.4 Å². The number of unbranched alkanes of at least 4 members (excludes halogenated alkanes) is 5. The monoisotopic (exact) mass is 587 g/mol. The summed E-state index contributed by atoms with van der Waals surface area (Å²) in [6, 6.07) is 21.3. The summed E-state index contributed by atoms with van der Waals surface area (Å²) in [6.45, 7) is 2.17. The van der Waals surface area contributed by atoms with Crippen LogP contribution < -0.4 is 14.8 Å². The highest BCUT2D eigenvalue weighted by atomic mass is 32.2. The lowest BCUT2D eigenvalue weighted by atomic mass is 10.1. The van der Waals surface area contributed by atoms with Crippen LogP contribution in [0.1, 0.15) is 45.4 Å². The van der Waals surface area contributed by atoms with Crippen LogP contribution in [0.15, 0.2) is 66.7 Å². The molecule has 216 valence electrons. The van der Waals surface area contributed by atoms with Crippen molar-refractivity contribution in [2.24, 2.45) is 0 Å². The van der Waals surface area contributed by atoms with E-state index in [1.165, 1.54) is 12.8 Å². The molecule has 0 unspecified atom stereocenters. The molecule has 0 saturated heterocycles. The highest BCUT2D eigenvalue weighted by Gasteiger charge is 2.14. The van der Waals surface area contributed by atoms with Gasteiger partial charge in [-0.3, -0.25) is 9.27 Å². The molecule has 0 aliphatic heterocycles. The van der Waals surface area contributed by atoms with E-state index in [1.807, 2.05) is 54.6 Å². The van der Waals surface area contributed by atoms with Crippen LogP contribution in [0.5, 0.6) is 5.75 Å². The number of para-hydroxylation sites is 2. The number of aromatic nitrogens is 1. The lowest BCUT2D eigenvalue weighted by molar-refractivity contribution is 0.417. The Hall–Kier alpha value is -3.41. The lowest BCUT2D eigenvalue weighted by Crippen LogP contribution is -2.16. The normalized spacial score (nSPS) is 11.6. The average molecular weight is 588 g/mol. The molecule has 1 aromatic heterocycles. The molecule has 4 aromatic rings. The summed E-state index contributed by atoms with van der Waals surface area (Å²) in [7, 11) is -5.50. The molecule has 0 aliphatic rings. The van der Waals surface area contributed by atoms with E-state index in [0.717, 1.165) is 52.4 Å². The predicted molar refractivity (Wildman–Crippen MR) is 164 cm³/mol. The number of rotatable bonds is 12. The molecular formula is C29H37N3O6S2. The molecule has 0 bridgehead atoms. The second kappa shape index (κ2) is 14.3. The minimum Gasteiger partial charge on any atom is -0.494 e. The molecule has 0 aliphatic carbocycles. The van der Waals surface area contributed by atoms with Gasteiger partial charge in [0.2, 0.25) is 10.0 Å². The van der Waals surface area contributed by atoms with Crippen molar-refractivity contribution in [1.82, 2.24) is 4.98 Å². The first-order valence-corrected chi connectivity index (χ1v) is 16.7. The van der Waals surface area contributed by atoms with E-state index in [2.05, 4.69) is 17.0 Å². The van der Waals surface area contributed by atoms with Gasteiger partial charge in [0.1, 0.15) is 5.75 Å². The molecule has 9 nitrogen and oxygen atoms in total. The van der Waals surface area contributed by atoms with Crippen molar-refractivity contribution < 1.29 is 26.1 Å². The van der Waals surface area contributed by atoms with E-state index in [-0.39, 0.29) is 5.75 Å². The fourth-order valence-corrected chi connectivity index (χ4v) is 5.44. The maximum absolute atomic E-state index is 12.6. The standard InChI is InChI=1S/C28H33N3O3S.CH4O3S/c1-3-4-5-6-7-12-19-35(32,33)31-21-17-18-26(27(20-21)34-2)30-28-22-13-8-10-15-24(22)29-25-16-11-9-14-23(25)28;1-5(2,3)4/h8-11,13-18,20,31H,3-7,12,19H2,1-2H3,(H,29,30);1H3,(H,2,3,4). The van der Waals surface area contributed by atoms with E-state index in [0.29, 0.717) is 24.1 Å². The number of hydrogen-bond acceptors (Lipinski definition) is 7. The number of ether oxygens (including phenoxy) is 1. The third-order valence-corrected chi connectivity index (χ3v) is 7.46. The van der Waals surface area contributed by atoms with Crippen molar-refractivity contribution in [3.63, 3.8) is 0 Å². The van der Waals surface area contributed by atoms with Gasteiger partial charge in [0, 0.05) is 16.8 Å². The number of benzene rings is 3. The lowest BCUT2D eigenvalue weighted by Gasteiger charge is -2.17. The number of fused-ring (bicyclic) bond motifs is 2. The molecule has 0 radical (unpaired) electrons. The molecule has 0 fully saturated rings. The molecule has 3 N–H and O–H groups in total. The smallest absolute Gasteiger partial charge is 0.261 e. The van der Waals surface area contributed by atoms with Crippen LogP contribution in [0.4, 0.5) is 17.1 Å². The molecule has 0 amide bonds. The Labute approximate surface area is 236 Å². The predicted octanol–water partition coefficient (Wildman–Crippen LogP) is 6.75. The van der Waals surface area contributed by atoms with Crippen LogP contribution in [0, 0.1) is 0 Å². The van der Waals surface area contributed by atoms with Crippen LogP contribution >= 0.6 is 0 Å². The average Bonchev–Trinajstić information content (AvgIpc) is 2.90. The summed E-state index contributed by atoms with van der Waals surface area (Å²) >= 11 is 0. The zero-order chi connectivity index (χ0) is 29.2. The summed E-state index contributed by atoms with van der Waals surface area (Å²) in [5.41, 5.74) is 3.95. The topological polar surface area (TPSA) is 135 Å². The number of nitrogens with one attached hydrogen (secondary N) is 2. The second-order valence-corrected chi connectivity index (χ2v) is 12.8. The Morgan fingerprint density at radius 2 is 1.38 bits per heavy atom. The quantitative estimate of drug-likeness (QED) is 0.0942. The van der Waals surface area contributed by atoms with Gasteiger partial charge in [-0.2, -0.15) is 8.42 Å². The highest BCUT2D eigenvalue weighted by molar-refractivity contribution is 7.92. The molecule has 3 aromatic carbocycles. The van der Waals surface area contributed by atoms with Gasteiger partial charge in [-0.05, 0) is 30.7 Å². The highest BCUT2D eigenvalue weighted by Crippen LogP contribution is 2.37. The van der Waals surface area contributed by atoms with E-state index < -0.39 is 20.1 Å². The molecular weight excluding hydrogens is 550 g/mol. The van der Waals surface area contributed by atoms with Gasteiger partial charge in [-0.15, -0.1) is 0 Å². The number of nitrogens with zero attached hydrogens (tertiary/aromatic N) is 1. The van der Waals surface area contributed by atoms with Crippen LogP contribution in [0.2, 0.25) is 0 Å². The maximum Gasteiger partial charge on any atom is 0.261 e. The maximum atomic E-state index is 12.6. The second-order valence-electron chi connectivity index (χ2n) is 9.48. The third kappa shape index (κ3) is 9.65. The molecule has 0 spiro atoms. The largest absolute Gasteiger partial charge is 0.494 e. The summed E-state index contributed by atoms with van der Waals surface area (Å²) < 4.78 is 59.4. The van der Waals surface area contributed by atoms with E-state index in [1.54, 1.807) is 19.2 Å². The van der Waals surface area contributed by atoms with E-state index in [9.17, 15) is 16.8 Å². The van der Waals surface area contributed by atoms with Gasteiger partial charge in [0.15, 0.2) is 0 Å². The zero-order valence-electron chi connectivity index (χ0n) is 23.1. The number of anilines is 3. The van der Waals surface area contributed by atoms with Gasteiger partial charge < -0.3 is 10.1 Å². The number of sulfonamides is 1. The number of pyridine rings is 1. The Balaban J connectivity index is 0.000000810.